The lowest BCUT2D eigenvalue weighted by atomic mass is 9.86. The van der Waals surface area contributed by atoms with E-state index in [-0.39, 0.29) is 6.04 Å². The number of rotatable bonds is 1. The van der Waals surface area contributed by atoms with Crippen LogP contribution in [0.5, 0.6) is 0 Å². The van der Waals surface area contributed by atoms with Crippen molar-refractivity contribution in [2.24, 2.45) is 5.92 Å². The molecule has 86 valence electrons. The maximum Gasteiger partial charge on any atom is 0.407 e. The molecule has 1 N–H and O–H groups in total. The highest BCUT2D eigenvalue weighted by molar-refractivity contribution is 5.66. The fraction of sp³-hybridized carbons (Fsp3) is 0.462. The van der Waals surface area contributed by atoms with Crippen LogP contribution in [-0.2, 0) is 6.42 Å². The van der Waals surface area contributed by atoms with Crippen LogP contribution in [0.4, 0.5) is 4.79 Å². The SMILES string of the molecule is CC(C)C1c2ccccc2CCN1C(=O)O. The zero-order chi connectivity index (χ0) is 11.7. The van der Waals surface area contributed by atoms with Gasteiger partial charge in [-0.05, 0) is 23.5 Å². The van der Waals surface area contributed by atoms with E-state index in [0.717, 1.165) is 6.42 Å². The molecule has 1 amide bonds. The van der Waals surface area contributed by atoms with Gasteiger partial charge in [-0.15, -0.1) is 0 Å². The average molecular weight is 219 g/mol. The molecule has 0 saturated heterocycles. The Morgan fingerprint density at radius 1 is 1.44 bits per heavy atom. The van der Waals surface area contributed by atoms with E-state index < -0.39 is 6.09 Å². The number of hydrogen-bond acceptors (Lipinski definition) is 1. The Morgan fingerprint density at radius 3 is 2.75 bits per heavy atom. The van der Waals surface area contributed by atoms with Gasteiger partial charge < -0.3 is 10.0 Å². The van der Waals surface area contributed by atoms with E-state index in [0.29, 0.717) is 12.5 Å². The molecule has 0 fully saturated rings. The second-order valence-corrected chi connectivity index (χ2v) is 4.61. The molecule has 0 bridgehead atoms. The molecule has 1 aliphatic heterocycles. The minimum atomic E-state index is -0.812. The fourth-order valence-corrected chi connectivity index (χ4v) is 2.53. The van der Waals surface area contributed by atoms with Crippen molar-refractivity contribution in [2.45, 2.75) is 26.3 Å². The lowest BCUT2D eigenvalue weighted by molar-refractivity contribution is 0.104. The molecular weight excluding hydrogens is 202 g/mol. The van der Waals surface area contributed by atoms with Crippen LogP contribution in [0.3, 0.4) is 0 Å². The molecular formula is C13H17NO2. The Labute approximate surface area is 95.7 Å². The minimum Gasteiger partial charge on any atom is -0.465 e. The van der Waals surface area contributed by atoms with Crippen LogP contribution in [-0.4, -0.2) is 22.6 Å². The maximum absolute atomic E-state index is 11.2. The van der Waals surface area contributed by atoms with Crippen molar-refractivity contribution in [1.29, 1.82) is 0 Å². The lowest BCUT2D eigenvalue weighted by Crippen LogP contribution is -2.41. The summed E-state index contributed by atoms with van der Waals surface area (Å²) < 4.78 is 0. The van der Waals surface area contributed by atoms with Gasteiger partial charge in [0.25, 0.3) is 0 Å². The second kappa shape index (κ2) is 4.16. The molecule has 1 aromatic carbocycles. The first-order chi connectivity index (χ1) is 7.61. The third kappa shape index (κ3) is 1.77. The van der Waals surface area contributed by atoms with Gasteiger partial charge in [0, 0.05) is 6.54 Å². The van der Waals surface area contributed by atoms with Crippen LogP contribution in [0.25, 0.3) is 0 Å². The van der Waals surface area contributed by atoms with Gasteiger partial charge in [-0.1, -0.05) is 38.1 Å². The highest BCUT2D eigenvalue weighted by Crippen LogP contribution is 2.34. The van der Waals surface area contributed by atoms with E-state index in [1.807, 2.05) is 12.1 Å². The normalized spacial score (nSPS) is 19.7. The molecule has 1 aromatic rings. The van der Waals surface area contributed by atoms with Crippen LogP contribution in [0.1, 0.15) is 31.0 Å². The lowest BCUT2D eigenvalue weighted by Gasteiger charge is -2.37. The molecule has 3 nitrogen and oxygen atoms in total. The van der Waals surface area contributed by atoms with Gasteiger partial charge in [-0.3, -0.25) is 0 Å². The highest BCUT2D eigenvalue weighted by Gasteiger charge is 2.32. The number of benzene rings is 1. The first-order valence-electron chi connectivity index (χ1n) is 5.68. The molecule has 16 heavy (non-hydrogen) atoms. The molecule has 0 saturated carbocycles. The Kier molecular flexibility index (Phi) is 2.86. The maximum atomic E-state index is 11.2. The van der Waals surface area contributed by atoms with Crippen LogP contribution in [0.15, 0.2) is 24.3 Å². The monoisotopic (exact) mass is 219 g/mol. The van der Waals surface area contributed by atoms with E-state index in [9.17, 15) is 9.90 Å². The molecule has 0 spiro atoms. The predicted octanol–water partition coefficient (Wildman–Crippen LogP) is 2.92. The van der Waals surface area contributed by atoms with Gasteiger partial charge in [0.15, 0.2) is 0 Å². The first kappa shape index (κ1) is 11.0. The van der Waals surface area contributed by atoms with Crippen LogP contribution >= 0.6 is 0 Å². The van der Waals surface area contributed by atoms with Crippen LogP contribution in [0.2, 0.25) is 0 Å². The number of fused-ring (bicyclic) bond motifs is 1. The van der Waals surface area contributed by atoms with Crippen LogP contribution < -0.4 is 0 Å². The third-order valence-electron chi connectivity index (χ3n) is 3.21. The average Bonchev–Trinajstić information content (AvgIpc) is 2.27. The zero-order valence-corrected chi connectivity index (χ0v) is 9.68. The Hall–Kier alpha value is -1.51. The minimum absolute atomic E-state index is 0.00227. The molecule has 0 radical (unpaired) electrons. The summed E-state index contributed by atoms with van der Waals surface area (Å²) in [4.78, 5) is 12.8. The van der Waals surface area contributed by atoms with E-state index in [2.05, 4.69) is 26.0 Å². The summed E-state index contributed by atoms with van der Waals surface area (Å²) >= 11 is 0. The standard InChI is InChI=1S/C13H17NO2/c1-9(2)12-11-6-4-3-5-10(11)7-8-14(12)13(15)16/h3-6,9,12H,7-8H2,1-2H3,(H,15,16). The van der Waals surface area contributed by atoms with E-state index in [1.54, 1.807) is 4.90 Å². The van der Waals surface area contributed by atoms with Gasteiger partial charge in [-0.25, -0.2) is 4.79 Å². The Morgan fingerprint density at radius 2 is 2.12 bits per heavy atom. The van der Waals surface area contributed by atoms with Crippen molar-refractivity contribution in [3.05, 3.63) is 35.4 Å². The fourth-order valence-electron chi connectivity index (χ4n) is 2.53. The molecule has 1 heterocycles. The van der Waals surface area contributed by atoms with Gasteiger partial charge in [0.05, 0.1) is 6.04 Å². The summed E-state index contributed by atoms with van der Waals surface area (Å²) in [5, 5.41) is 9.21. The molecule has 0 aromatic heterocycles. The Bertz CT molecular complexity index is 401. The van der Waals surface area contributed by atoms with E-state index in [1.165, 1.54) is 11.1 Å². The number of carboxylic acid groups (broad SMARTS) is 1. The van der Waals surface area contributed by atoms with Crippen LogP contribution in [0, 0.1) is 5.92 Å². The van der Waals surface area contributed by atoms with Crippen molar-refractivity contribution in [1.82, 2.24) is 4.90 Å². The molecule has 1 aliphatic rings. The predicted molar refractivity (Wildman–Crippen MR) is 62.5 cm³/mol. The Balaban J connectivity index is 2.43. The topological polar surface area (TPSA) is 40.5 Å². The summed E-state index contributed by atoms with van der Waals surface area (Å²) in [7, 11) is 0. The van der Waals surface area contributed by atoms with Gasteiger partial charge >= 0.3 is 6.09 Å². The first-order valence-corrected chi connectivity index (χ1v) is 5.68. The molecule has 1 atom stereocenters. The van der Waals surface area contributed by atoms with E-state index in [4.69, 9.17) is 0 Å². The second-order valence-electron chi connectivity index (χ2n) is 4.61. The van der Waals surface area contributed by atoms with Gasteiger partial charge in [-0.2, -0.15) is 0 Å². The largest absolute Gasteiger partial charge is 0.465 e. The van der Waals surface area contributed by atoms with Crippen molar-refractivity contribution in [3.63, 3.8) is 0 Å². The number of carbonyl (C=O) groups is 1. The van der Waals surface area contributed by atoms with E-state index >= 15 is 0 Å². The highest BCUT2D eigenvalue weighted by atomic mass is 16.4. The smallest absolute Gasteiger partial charge is 0.407 e. The number of hydrogen-bond donors (Lipinski definition) is 1. The summed E-state index contributed by atoms with van der Waals surface area (Å²) in [5.41, 5.74) is 2.46. The van der Waals surface area contributed by atoms with Crippen molar-refractivity contribution in [2.75, 3.05) is 6.54 Å². The summed E-state index contributed by atoms with van der Waals surface area (Å²) in [6.07, 6.45) is 0.0132. The van der Waals surface area contributed by atoms with Crippen molar-refractivity contribution >= 4 is 6.09 Å². The molecule has 3 heteroatoms. The molecule has 0 aliphatic carbocycles. The van der Waals surface area contributed by atoms with Gasteiger partial charge in [0.2, 0.25) is 0 Å². The number of nitrogens with zero attached hydrogens (tertiary/aromatic N) is 1. The quantitative estimate of drug-likeness (QED) is 0.789. The molecule has 2 rings (SSSR count). The van der Waals surface area contributed by atoms with Crippen molar-refractivity contribution < 1.29 is 9.90 Å². The summed E-state index contributed by atoms with van der Waals surface area (Å²) in [6.45, 7) is 4.75. The number of amides is 1. The summed E-state index contributed by atoms with van der Waals surface area (Å²) in [5.74, 6) is 0.303. The summed E-state index contributed by atoms with van der Waals surface area (Å²) in [6, 6.07) is 8.16. The van der Waals surface area contributed by atoms with Crippen molar-refractivity contribution in [3.8, 4) is 0 Å². The third-order valence-corrected chi connectivity index (χ3v) is 3.21. The zero-order valence-electron chi connectivity index (χ0n) is 9.68. The molecule has 1 unspecified atom stereocenters. The van der Waals surface area contributed by atoms with Gasteiger partial charge in [0.1, 0.15) is 0 Å².